The minimum atomic E-state index is -0.428. The topological polar surface area (TPSA) is 82.1 Å². The summed E-state index contributed by atoms with van der Waals surface area (Å²) in [6.07, 6.45) is 0. The molecule has 0 aliphatic rings. The first-order valence-electron chi connectivity index (χ1n) is 4.32. The molecule has 2 aromatic rings. The van der Waals surface area contributed by atoms with Crippen LogP contribution in [0.25, 0.3) is 11.5 Å². The van der Waals surface area contributed by atoms with Crippen molar-refractivity contribution in [1.29, 1.82) is 0 Å². The molecular weight excluding hydrogens is 278 g/mol. The van der Waals surface area contributed by atoms with Gasteiger partial charge in [-0.2, -0.15) is 4.98 Å². The molecule has 0 fully saturated rings. The van der Waals surface area contributed by atoms with Gasteiger partial charge >= 0.3 is 0 Å². The molecule has 0 aliphatic heterocycles. The van der Waals surface area contributed by atoms with Crippen molar-refractivity contribution in [2.24, 2.45) is 0 Å². The van der Waals surface area contributed by atoms with Crippen molar-refractivity contribution in [2.75, 3.05) is 0 Å². The van der Waals surface area contributed by atoms with Crippen LogP contribution in [0.2, 0.25) is 0 Å². The summed E-state index contributed by atoms with van der Waals surface area (Å²) in [6.45, 7) is 1.66. The van der Waals surface area contributed by atoms with E-state index in [2.05, 4.69) is 26.1 Å². The van der Waals surface area contributed by atoms with Crippen LogP contribution in [-0.4, -0.2) is 15.1 Å². The zero-order valence-corrected chi connectivity index (χ0v) is 9.76. The van der Waals surface area contributed by atoms with Crippen molar-refractivity contribution < 1.29 is 9.45 Å². The number of nitro benzene ring substituents is 1. The number of hydrogen-bond donors (Lipinski definition) is 0. The van der Waals surface area contributed by atoms with E-state index in [-0.39, 0.29) is 5.69 Å². The molecule has 0 radical (unpaired) electrons. The van der Waals surface area contributed by atoms with E-state index in [1.807, 2.05) is 0 Å². The summed E-state index contributed by atoms with van der Waals surface area (Å²) in [7, 11) is 0. The Morgan fingerprint density at radius 1 is 1.50 bits per heavy atom. The lowest BCUT2D eigenvalue weighted by Crippen LogP contribution is -1.91. The van der Waals surface area contributed by atoms with Gasteiger partial charge in [-0.1, -0.05) is 0 Å². The van der Waals surface area contributed by atoms with Crippen LogP contribution in [0.5, 0.6) is 0 Å². The average Bonchev–Trinajstić information content (AvgIpc) is 2.64. The number of aryl methyl sites for hydroxylation is 1. The Morgan fingerprint density at radius 2 is 2.25 bits per heavy atom. The van der Waals surface area contributed by atoms with Crippen LogP contribution in [0.4, 0.5) is 5.69 Å². The Hall–Kier alpha value is -1.76. The van der Waals surface area contributed by atoms with Crippen molar-refractivity contribution in [3.8, 4) is 11.5 Å². The first-order valence-corrected chi connectivity index (χ1v) is 5.12. The summed E-state index contributed by atoms with van der Waals surface area (Å²) in [5.74, 6) is 0.324. The number of rotatable bonds is 2. The molecule has 2 rings (SSSR count). The molecule has 0 saturated heterocycles. The minimum Gasteiger partial charge on any atom is -0.333 e. The van der Waals surface area contributed by atoms with Crippen molar-refractivity contribution in [3.05, 3.63) is 38.6 Å². The lowest BCUT2D eigenvalue weighted by Gasteiger charge is -1.98. The maximum atomic E-state index is 10.6. The van der Waals surface area contributed by atoms with E-state index >= 15 is 0 Å². The van der Waals surface area contributed by atoms with Crippen LogP contribution in [-0.2, 0) is 0 Å². The largest absolute Gasteiger partial charge is 0.333 e. The van der Waals surface area contributed by atoms with Gasteiger partial charge < -0.3 is 4.52 Å². The van der Waals surface area contributed by atoms with Gasteiger partial charge in [0.05, 0.1) is 4.92 Å². The Labute approximate surface area is 98.6 Å². The SMILES string of the molecule is Cc1cc(-c2nc(Br)no2)ccc1[N+](=O)[O-]. The summed E-state index contributed by atoms with van der Waals surface area (Å²) in [5.41, 5.74) is 1.28. The van der Waals surface area contributed by atoms with Crippen LogP contribution >= 0.6 is 15.9 Å². The monoisotopic (exact) mass is 283 g/mol. The second kappa shape index (κ2) is 4.01. The third kappa shape index (κ3) is 1.94. The fourth-order valence-electron chi connectivity index (χ4n) is 1.32. The van der Waals surface area contributed by atoms with Crippen molar-refractivity contribution >= 4 is 21.6 Å². The number of nitrogens with zero attached hydrogens (tertiary/aromatic N) is 3. The van der Waals surface area contributed by atoms with Gasteiger partial charge in [-0.15, -0.1) is 0 Å². The second-order valence-corrected chi connectivity index (χ2v) is 3.84. The molecule has 0 spiro atoms. The van der Waals surface area contributed by atoms with Crippen molar-refractivity contribution in [3.63, 3.8) is 0 Å². The van der Waals surface area contributed by atoms with E-state index in [4.69, 9.17) is 4.52 Å². The molecule has 0 amide bonds. The summed E-state index contributed by atoms with van der Waals surface area (Å²) in [4.78, 5) is 14.2. The van der Waals surface area contributed by atoms with Crippen LogP contribution in [0, 0.1) is 17.0 Å². The summed E-state index contributed by atoms with van der Waals surface area (Å²) >= 11 is 3.06. The third-order valence-electron chi connectivity index (χ3n) is 2.04. The molecule has 1 aromatic carbocycles. The Bertz CT molecular complexity index is 553. The predicted octanol–water partition coefficient (Wildman–Crippen LogP) is 2.72. The van der Waals surface area contributed by atoms with E-state index in [1.54, 1.807) is 19.1 Å². The van der Waals surface area contributed by atoms with Crippen LogP contribution in [0.1, 0.15) is 5.56 Å². The molecule has 0 N–H and O–H groups in total. The van der Waals surface area contributed by atoms with Crippen LogP contribution in [0.3, 0.4) is 0 Å². The molecule has 6 nitrogen and oxygen atoms in total. The highest BCUT2D eigenvalue weighted by molar-refractivity contribution is 9.10. The fourth-order valence-corrected chi connectivity index (χ4v) is 1.55. The molecule has 82 valence electrons. The van der Waals surface area contributed by atoms with Gasteiger partial charge in [-0.25, -0.2) is 0 Å². The molecule has 0 saturated carbocycles. The zero-order chi connectivity index (χ0) is 11.7. The molecule has 1 aromatic heterocycles. The summed E-state index contributed by atoms with van der Waals surface area (Å²) < 4.78 is 5.27. The predicted molar refractivity (Wildman–Crippen MR) is 58.8 cm³/mol. The third-order valence-corrected chi connectivity index (χ3v) is 2.36. The lowest BCUT2D eigenvalue weighted by molar-refractivity contribution is -0.385. The fraction of sp³-hybridized carbons (Fsp3) is 0.111. The molecule has 7 heteroatoms. The highest BCUT2D eigenvalue weighted by atomic mass is 79.9. The van der Waals surface area contributed by atoms with E-state index < -0.39 is 4.92 Å². The first kappa shape index (κ1) is 10.7. The van der Waals surface area contributed by atoms with E-state index in [0.717, 1.165) is 0 Å². The number of aromatic nitrogens is 2. The first-order chi connectivity index (χ1) is 7.58. The highest BCUT2D eigenvalue weighted by Crippen LogP contribution is 2.25. The van der Waals surface area contributed by atoms with Gasteiger partial charge in [0.1, 0.15) is 0 Å². The molecule has 0 aliphatic carbocycles. The number of halogens is 1. The second-order valence-electron chi connectivity index (χ2n) is 3.13. The van der Waals surface area contributed by atoms with Crippen LogP contribution < -0.4 is 0 Å². The summed E-state index contributed by atoms with van der Waals surface area (Å²) in [6, 6.07) is 4.63. The van der Waals surface area contributed by atoms with Gasteiger partial charge in [-0.3, -0.25) is 10.1 Å². The maximum Gasteiger partial charge on any atom is 0.272 e. The average molecular weight is 284 g/mol. The summed E-state index contributed by atoms with van der Waals surface area (Å²) in [5, 5.41) is 14.2. The van der Waals surface area contributed by atoms with Gasteiger partial charge in [0, 0.05) is 17.2 Å². The minimum absolute atomic E-state index is 0.0716. The van der Waals surface area contributed by atoms with Gasteiger partial charge in [0.2, 0.25) is 4.73 Å². The number of benzene rings is 1. The molecule has 0 unspecified atom stereocenters. The van der Waals surface area contributed by atoms with E-state index in [9.17, 15) is 10.1 Å². The van der Waals surface area contributed by atoms with Gasteiger partial charge in [0.25, 0.3) is 11.6 Å². The Kier molecular flexibility index (Phi) is 2.69. The number of nitro groups is 1. The van der Waals surface area contributed by atoms with Crippen LogP contribution in [0.15, 0.2) is 27.5 Å². The molecule has 0 atom stereocenters. The molecule has 1 heterocycles. The quantitative estimate of drug-likeness (QED) is 0.625. The highest BCUT2D eigenvalue weighted by Gasteiger charge is 2.13. The number of hydrogen-bond acceptors (Lipinski definition) is 5. The molecular formula is C9H6BrN3O3. The lowest BCUT2D eigenvalue weighted by atomic mass is 10.1. The van der Waals surface area contributed by atoms with Crippen molar-refractivity contribution in [2.45, 2.75) is 6.92 Å². The molecule has 0 bridgehead atoms. The Morgan fingerprint density at radius 3 is 2.75 bits per heavy atom. The molecule has 16 heavy (non-hydrogen) atoms. The maximum absolute atomic E-state index is 10.6. The zero-order valence-electron chi connectivity index (χ0n) is 8.18. The van der Waals surface area contributed by atoms with Crippen molar-refractivity contribution in [1.82, 2.24) is 10.1 Å². The van der Waals surface area contributed by atoms with Gasteiger partial charge in [0.15, 0.2) is 0 Å². The van der Waals surface area contributed by atoms with Gasteiger partial charge in [-0.05, 0) is 40.1 Å². The smallest absolute Gasteiger partial charge is 0.272 e. The van der Waals surface area contributed by atoms with E-state index in [1.165, 1.54) is 6.07 Å². The van der Waals surface area contributed by atoms with E-state index in [0.29, 0.717) is 21.8 Å². The standard InChI is InChI=1S/C9H6BrN3O3/c1-5-4-6(2-3-7(5)13(14)15)8-11-9(10)12-16-8/h2-4H,1H3. The normalized spacial score (nSPS) is 10.4. The Balaban J connectivity index is 2.45.